The molecule has 0 saturated carbocycles. The first-order valence-corrected chi connectivity index (χ1v) is 4.87. The molecule has 0 aliphatic carbocycles. The van der Waals surface area contributed by atoms with Gasteiger partial charge in [-0.3, -0.25) is 0 Å². The molecule has 0 saturated heterocycles. The van der Waals surface area contributed by atoms with Gasteiger partial charge in [-0.25, -0.2) is 9.37 Å². The third-order valence-electron chi connectivity index (χ3n) is 2.08. The molecule has 2 aromatic rings. The van der Waals surface area contributed by atoms with Crippen molar-refractivity contribution in [1.29, 1.82) is 0 Å². The zero-order chi connectivity index (χ0) is 11.4. The molecule has 1 heterocycles. The molecule has 0 aliphatic rings. The molecule has 17 heavy (non-hydrogen) atoms. The summed E-state index contributed by atoms with van der Waals surface area (Å²) in [5, 5.41) is 0. The number of rotatable bonds is 3. The average molecular weight is 255 g/mol. The Morgan fingerprint density at radius 1 is 1.18 bits per heavy atom. The maximum absolute atomic E-state index is 13.2. The van der Waals surface area contributed by atoms with Gasteiger partial charge in [0.05, 0.1) is 0 Å². The van der Waals surface area contributed by atoms with E-state index in [-0.39, 0.29) is 18.2 Å². The molecule has 0 radical (unpaired) electrons. The van der Waals surface area contributed by atoms with Gasteiger partial charge in [-0.05, 0) is 17.7 Å². The maximum Gasteiger partial charge on any atom is 0.219 e. The fraction of sp³-hybridized carbons (Fsp3) is 0.0833. The second kappa shape index (κ2) is 6.18. The second-order valence-corrected chi connectivity index (χ2v) is 3.24. The summed E-state index contributed by atoms with van der Waals surface area (Å²) in [6, 6.07) is 9.65. The van der Waals surface area contributed by atoms with E-state index in [0.717, 1.165) is 5.56 Å². The van der Waals surface area contributed by atoms with Crippen molar-refractivity contribution >= 4 is 12.4 Å². The van der Waals surface area contributed by atoms with Crippen molar-refractivity contribution in [2.75, 3.05) is 0 Å². The summed E-state index contributed by atoms with van der Waals surface area (Å²) >= 11 is 0. The van der Waals surface area contributed by atoms with Gasteiger partial charge in [-0.15, -0.1) is 12.4 Å². The predicted molar refractivity (Wildman–Crippen MR) is 65.9 cm³/mol. The third-order valence-corrected chi connectivity index (χ3v) is 2.08. The van der Waals surface area contributed by atoms with E-state index in [1.807, 2.05) is 0 Å². The molecule has 90 valence electrons. The number of aromatic nitrogens is 1. The van der Waals surface area contributed by atoms with E-state index in [2.05, 4.69) is 4.98 Å². The topological polar surface area (TPSA) is 48.1 Å². The minimum atomic E-state index is -0.410. The van der Waals surface area contributed by atoms with Crippen molar-refractivity contribution in [1.82, 2.24) is 4.98 Å². The number of pyridine rings is 1. The van der Waals surface area contributed by atoms with Crippen LogP contribution in [0.5, 0.6) is 11.6 Å². The standard InChI is InChI=1S/C12H11FN2O.ClH/c13-10-3-1-2-4-11(10)16-12-6-5-9(7-14)8-15-12;/h1-6,8H,7,14H2;1H. The molecule has 0 fully saturated rings. The first kappa shape index (κ1) is 13.4. The monoisotopic (exact) mass is 254 g/mol. The summed E-state index contributed by atoms with van der Waals surface area (Å²) in [6.07, 6.45) is 1.61. The highest BCUT2D eigenvalue weighted by Gasteiger charge is 2.03. The lowest BCUT2D eigenvalue weighted by Gasteiger charge is -2.05. The number of hydrogen-bond donors (Lipinski definition) is 1. The van der Waals surface area contributed by atoms with Crippen LogP contribution in [0.3, 0.4) is 0 Å². The van der Waals surface area contributed by atoms with E-state index in [9.17, 15) is 4.39 Å². The maximum atomic E-state index is 13.2. The summed E-state index contributed by atoms with van der Waals surface area (Å²) in [5.41, 5.74) is 6.34. The smallest absolute Gasteiger partial charge is 0.219 e. The largest absolute Gasteiger partial charge is 0.436 e. The number of benzene rings is 1. The second-order valence-electron chi connectivity index (χ2n) is 3.24. The van der Waals surface area contributed by atoms with Gasteiger partial charge in [0.25, 0.3) is 0 Å². The third kappa shape index (κ3) is 3.41. The Balaban J connectivity index is 0.00000144. The van der Waals surface area contributed by atoms with Gasteiger partial charge in [0.1, 0.15) is 0 Å². The van der Waals surface area contributed by atoms with Crippen molar-refractivity contribution in [2.45, 2.75) is 6.54 Å². The van der Waals surface area contributed by atoms with E-state index < -0.39 is 5.82 Å². The number of halogens is 2. The molecule has 0 amide bonds. The highest BCUT2D eigenvalue weighted by molar-refractivity contribution is 5.85. The first-order chi connectivity index (χ1) is 7.79. The van der Waals surface area contributed by atoms with Gasteiger partial charge in [0.15, 0.2) is 11.6 Å². The van der Waals surface area contributed by atoms with Gasteiger partial charge in [0, 0.05) is 18.8 Å². The SMILES string of the molecule is Cl.NCc1ccc(Oc2ccccc2F)nc1. The van der Waals surface area contributed by atoms with Gasteiger partial charge in [-0.1, -0.05) is 18.2 Å². The van der Waals surface area contributed by atoms with Crippen molar-refractivity contribution in [3.8, 4) is 11.6 Å². The molecule has 5 heteroatoms. The molecule has 1 aromatic carbocycles. The Morgan fingerprint density at radius 3 is 2.53 bits per heavy atom. The van der Waals surface area contributed by atoms with Crippen LogP contribution >= 0.6 is 12.4 Å². The molecule has 0 aliphatic heterocycles. The van der Waals surface area contributed by atoms with Crippen molar-refractivity contribution in [3.05, 3.63) is 54.0 Å². The van der Waals surface area contributed by atoms with Crippen molar-refractivity contribution in [2.24, 2.45) is 5.73 Å². The van der Waals surface area contributed by atoms with E-state index in [1.165, 1.54) is 6.07 Å². The number of hydrogen-bond acceptors (Lipinski definition) is 3. The van der Waals surface area contributed by atoms with Crippen LogP contribution in [0.1, 0.15) is 5.56 Å². The first-order valence-electron chi connectivity index (χ1n) is 4.87. The summed E-state index contributed by atoms with van der Waals surface area (Å²) < 4.78 is 18.5. The van der Waals surface area contributed by atoms with Crippen molar-refractivity contribution < 1.29 is 9.13 Å². The molecule has 3 nitrogen and oxygen atoms in total. The molecule has 0 unspecified atom stereocenters. The van der Waals surface area contributed by atoms with E-state index in [1.54, 1.807) is 36.5 Å². The minimum Gasteiger partial charge on any atom is -0.436 e. The molecule has 0 spiro atoms. The van der Waals surface area contributed by atoms with Gasteiger partial charge in [0.2, 0.25) is 5.88 Å². The lowest BCUT2D eigenvalue weighted by molar-refractivity contribution is 0.427. The number of nitrogens with two attached hydrogens (primary N) is 1. The average Bonchev–Trinajstić information content (AvgIpc) is 2.33. The normalized spacial score (nSPS) is 9.53. The number of nitrogens with zero attached hydrogens (tertiary/aromatic N) is 1. The summed E-state index contributed by atoms with van der Waals surface area (Å²) in [4.78, 5) is 4.02. The van der Waals surface area contributed by atoms with Crippen LogP contribution in [0.15, 0.2) is 42.6 Å². The van der Waals surface area contributed by atoms with Crippen molar-refractivity contribution in [3.63, 3.8) is 0 Å². The van der Waals surface area contributed by atoms with E-state index >= 15 is 0 Å². The Labute approximate surface area is 105 Å². The molecular formula is C12H12ClFN2O. The minimum absolute atomic E-state index is 0. The molecule has 0 atom stereocenters. The number of ether oxygens (including phenoxy) is 1. The van der Waals surface area contributed by atoms with Crippen LogP contribution < -0.4 is 10.5 Å². The lowest BCUT2D eigenvalue weighted by atomic mass is 10.3. The summed E-state index contributed by atoms with van der Waals surface area (Å²) in [7, 11) is 0. The lowest BCUT2D eigenvalue weighted by Crippen LogP contribution is -1.97. The zero-order valence-corrected chi connectivity index (χ0v) is 9.78. The van der Waals surface area contributed by atoms with Crippen LogP contribution in [0.2, 0.25) is 0 Å². The van der Waals surface area contributed by atoms with Crippen LogP contribution in [0.4, 0.5) is 4.39 Å². The molecular weight excluding hydrogens is 243 g/mol. The van der Waals surface area contributed by atoms with Crippen LogP contribution in [0, 0.1) is 5.82 Å². The van der Waals surface area contributed by atoms with Crippen LogP contribution in [0.25, 0.3) is 0 Å². The molecule has 1 aromatic heterocycles. The highest BCUT2D eigenvalue weighted by atomic mass is 35.5. The van der Waals surface area contributed by atoms with E-state index in [0.29, 0.717) is 12.4 Å². The Morgan fingerprint density at radius 2 is 1.94 bits per heavy atom. The van der Waals surface area contributed by atoms with Crippen LogP contribution in [-0.4, -0.2) is 4.98 Å². The number of para-hydroxylation sites is 1. The van der Waals surface area contributed by atoms with Gasteiger partial charge in [-0.2, -0.15) is 0 Å². The zero-order valence-electron chi connectivity index (χ0n) is 8.97. The van der Waals surface area contributed by atoms with Gasteiger partial charge < -0.3 is 10.5 Å². The molecule has 0 bridgehead atoms. The Bertz CT molecular complexity index is 476. The Kier molecular flexibility index (Phi) is 4.87. The summed E-state index contributed by atoms with van der Waals surface area (Å²) in [5.74, 6) is 0.102. The predicted octanol–water partition coefficient (Wildman–Crippen LogP) is 2.89. The van der Waals surface area contributed by atoms with Crippen LogP contribution in [-0.2, 0) is 6.54 Å². The fourth-order valence-corrected chi connectivity index (χ4v) is 1.23. The summed E-state index contributed by atoms with van der Waals surface area (Å²) in [6.45, 7) is 0.424. The molecule has 2 N–H and O–H groups in total. The molecule has 2 rings (SSSR count). The highest BCUT2D eigenvalue weighted by Crippen LogP contribution is 2.22. The quantitative estimate of drug-likeness (QED) is 0.916. The fourth-order valence-electron chi connectivity index (χ4n) is 1.23. The Hall–Kier alpha value is -1.65. The van der Waals surface area contributed by atoms with Gasteiger partial charge >= 0.3 is 0 Å². The van der Waals surface area contributed by atoms with E-state index in [4.69, 9.17) is 10.5 Å².